The molecule has 1 saturated carbocycles. The zero-order chi connectivity index (χ0) is 18.9. The van der Waals surface area contributed by atoms with Gasteiger partial charge < -0.3 is 14.2 Å². The fraction of sp³-hybridized carbons (Fsp3) is 0.478. The zero-order valence-corrected chi connectivity index (χ0v) is 17.6. The van der Waals surface area contributed by atoms with Gasteiger partial charge >= 0.3 is 0 Å². The summed E-state index contributed by atoms with van der Waals surface area (Å²) in [6.45, 7) is 4.26. The molecule has 4 fully saturated rings. The molecule has 3 aliphatic heterocycles. The number of ether oxygens (including phenoxy) is 3. The highest BCUT2D eigenvalue weighted by molar-refractivity contribution is 8.00. The van der Waals surface area contributed by atoms with Crippen LogP contribution in [0.15, 0.2) is 70.5 Å². The molecule has 6 rings (SSSR count). The molecule has 8 atom stereocenters. The second-order valence-corrected chi connectivity index (χ2v) is 10.9. The lowest BCUT2D eigenvalue weighted by atomic mass is 9.83. The molecule has 5 heteroatoms. The van der Waals surface area contributed by atoms with Crippen molar-refractivity contribution in [2.75, 3.05) is 0 Å². The van der Waals surface area contributed by atoms with E-state index in [2.05, 4.69) is 74.5 Å². The van der Waals surface area contributed by atoms with Crippen molar-refractivity contribution in [2.45, 2.75) is 52.5 Å². The Bertz CT molecular complexity index is 806. The van der Waals surface area contributed by atoms with Crippen LogP contribution in [0.4, 0.5) is 0 Å². The summed E-state index contributed by atoms with van der Waals surface area (Å²) in [6, 6.07) is 21.2. The average Bonchev–Trinajstić information content (AvgIpc) is 3.34. The molecule has 6 unspecified atom stereocenters. The van der Waals surface area contributed by atoms with E-state index in [-0.39, 0.29) is 10.9 Å². The van der Waals surface area contributed by atoms with Crippen molar-refractivity contribution in [3.05, 3.63) is 60.7 Å². The minimum absolute atomic E-state index is 0.148. The maximum absolute atomic E-state index is 6.55. The van der Waals surface area contributed by atoms with Crippen LogP contribution in [0.25, 0.3) is 0 Å². The van der Waals surface area contributed by atoms with Crippen LogP contribution in [-0.2, 0) is 14.2 Å². The molecule has 0 radical (unpaired) electrons. The summed E-state index contributed by atoms with van der Waals surface area (Å²) < 4.78 is 19.6. The summed E-state index contributed by atoms with van der Waals surface area (Å²) in [5, 5.41) is 0. The van der Waals surface area contributed by atoms with Crippen LogP contribution in [0, 0.1) is 23.7 Å². The molecule has 0 spiro atoms. The Morgan fingerprint density at radius 1 is 0.714 bits per heavy atom. The van der Waals surface area contributed by atoms with Crippen LogP contribution in [0.1, 0.15) is 20.3 Å². The monoisotopic (exact) mass is 412 g/mol. The topological polar surface area (TPSA) is 27.7 Å². The average molecular weight is 413 g/mol. The molecule has 2 aromatic rings. The standard InChI is InChI=1S/C23H24O3S2/c1-22-18-16(20(24-22)27-14-9-5-3-6-10-14)13-17-19(18)23(2,26-22)25-21(17)28-15-11-7-4-8-12-15/h3-12,16-21H,13H2,1-2H3/t16?,17?,18?,19?,20-,21-,22?,23?/m1/s1. The molecule has 1 aliphatic carbocycles. The van der Waals surface area contributed by atoms with Crippen molar-refractivity contribution in [3.63, 3.8) is 0 Å². The first-order valence-corrected chi connectivity index (χ1v) is 11.8. The first-order valence-electron chi connectivity index (χ1n) is 10.0. The second-order valence-electron chi connectivity index (χ2n) is 8.58. The smallest absolute Gasteiger partial charge is 0.174 e. The highest BCUT2D eigenvalue weighted by Crippen LogP contribution is 2.71. The predicted octanol–water partition coefficient (Wildman–Crippen LogP) is 5.61. The van der Waals surface area contributed by atoms with Crippen molar-refractivity contribution in [1.82, 2.24) is 0 Å². The van der Waals surface area contributed by atoms with Crippen LogP contribution in [0.5, 0.6) is 0 Å². The molecule has 3 nitrogen and oxygen atoms in total. The summed E-state index contributed by atoms with van der Waals surface area (Å²) in [6.07, 6.45) is 1.15. The molecule has 2 aromatic carbocycles. The molecule has 0 N–H and O–H groups in total. The lowest BCUT2D eigenvalue weighted by Gasteiger charge is -2.30. The molecule has 3 saturated heterocycles. The highest BCUT2D eigenvalue weighted by atomic mass is 32.2. The van der Waals surface area contributed by atoms with Gasteiger partial charge in [0.2, 0.25) is 0 Å². The van der Waals surface area contributed by atoms with Gasteiger partial charge in [-0.25, -0.2) is 0 Å². The van der Waals surface area contributed by atoms with Gasteiger partial charge in [0, 0.05) is 33.5 Å². The molecule has 146 valence electrons. The Kier molecular flexibility index (Phi) is 3.99. The van der Waals surface area contributed by atoms with Crippen LogP contribution in [-0.4, -0.2) is 22.4 Å². The van der Waals surface area contributed by atoms with Gasteiger partial charge in [0.25, 0.3) is 0 Å². The van der Waals surface area contributed by atoms with E-state index >= 15 is 0 Å². The molecule has 28 heavy (non-hydrogen) atoms. The van der Waals surface area contributed by atoms with Gasteiger partial charge in [-0.3, -0.25) is 0 Å². The Morgan fingerprint density at radius 2 is 1.14 bits per heavy atom. The summed E-state index contributed by atoms with van der Waals surface area (Å²) in [5.74, 6) is 0.765. The van der Waals surface area contributed by atoms with Crippen molar-refractivity contribution in [1.29, 1.82) is 0 Å². The summed E-state index contributed by atoms with van der Waals surface area (Å²) in [5.41, 5.74) is 0.296. The Hall–Kier alpha value is -0.980. The van der Waals surface area contributed by atoms with Gasteiger partial charge in [-0.05, 0) is 44.5 Å². The third-order valence-corrected chi connectivity index (χ3v) is 9.31. The quantitative estimate of drug-likeness (QED) is 0.650. The lowest BCUT2D eigenvalue weighted by molar-refractivity contribution is -0.299. The second kappa shape index (κ2) is 6.26. The molecular formula is C23H24O3S2. The van der Waals surface area contributed by atoms with Gasteiger partial charge in [-0.2, -0.15) is 0 Å². The van der Waals surface area contributed by atoms with Gasteiger partial charge in [0.05, 0.1) is 0 Å². The van der Waals surface area contributed by atoms with E-state index in [0.29, 0.717) is 23.7 Å². The van der Waals surface area contributed by atoms with E-state index in [1.807, 2.05) is 23.5 Å². The minimum atomic E-state index is -0.534. The predicted molar refractivity (Wildman–Crippen MR) is 111 cm³/mol. The van der Waals surface area contributed by atoms with Crippen LogP contribution in [0.3, 0.4) is 0 Å². The van der Waals surface area contributed by atoms with E-state index in [4.69, 9.17) is 14.2 Å². The Balaban J connectivity index is 1.28. The SMILES string of the molecule is CC12O[C@H](Sc3ccccc3)C3CC4C(C31)C(C)(O[C@@H]4Sc1ccccc1)O2. The van der Waals surface area contributed by atoms with E-state index in [0.717, 1.165) is 6.42 Å². The van der Waals surface area contributed by atoms with E-state index in [1.165, 1.54) is 9.79 Å². The zero-order valence-electron chi connectivity index (χ0n) is 16.0. The van der Waals surface area contributed by atoms with Gasteiger partial charge in [-0.1, -0.05) is 59.9 Å². The first kappa shape index (κ1) is 17.8. The van der Waals surface area contributed by atoms with E-state index in [9.17, 15) is 0 Å². The molecular weight excluding hydrogens is 388 g/mol. The third-order valence-electron chi connectivity index (χ3n) is 6.86. The Labute approximate surface area is 174 Å². The molecule has 3 heterocycles. The molecule has 0 amide bonds. The third kappa shape index (κ3) is 2.56. The van der Waals surface area contributed by atoms with Crippen LogP contribution in [0.2, 0.25) is 0 Å². The number of hydrogen-bond donors (Lipinski definition) is 0. The van der Waals surface area contributed by atoms with Gasteiger partial charge in [-0.15, -0.1) is 0 Å². The maximum atomic E-state index is 6.55. The van der Waals surface area contributed by atoms with Crippen molar-refractivity contribution in [2.24, 2.45) is 23.7 Å². The fourth-order valence-electron chi connectivity index (χ4n) is 6.00. The minimum Gasteiger partial charge on any atom is -0.335 e. The van der Waals surface area contributed by atoms with Crippen molar-refractivity contribution in [3.8, 4) is 0 Å². The maximum Gasteiger partial charge on any atom is 0.174 e. The number of thioether (sulfide) groups is 2. The number of rotatable bonds is 4. The van der Waals surface area contributed by atoms with Crippen molar-refractivity contribution >= 4 is 23.5 Å². The molecule has 4 aliphatic rings. The number of hydrogen-bond acceptors (Lipinski definition) is 5. The number of benzene rings is 2. The van der Waals surface area contributed by atoms with Crippen molar-refractivity contribution < 1.29 is 14.2 Å². The van der Waals surface area contributed by atoms with Gasteiger partial charge in [0.15, 0.2) is 11.6 Å². The first-order chi connectivity index (χ1) is 13.6. The summed E-state index contributed by atoms with van der Waals surface area (Å²) in [4.78, 5) is 2.53. The largest absolute Gasteiger partial charge is 0.335 e. The Morgan fingerprint density at radius 3 is 1.57 bits per heavy atom. The van der Waals surface area contributed by atoms with Gasteiger partial charge in [0.1, 0.15) is 10.9 Å². The lowest BCUT2D eigenvalue weighted by Crippen LogP contribution is -2.36. The van der Waals surface area contributed by atoms with E-state index in [1.54, 1.807) is 0 Å². The van der Waals surface area contributed by atoms with Crippen LogP contribution >= 0.6 is 23.5 Å². The fourth-order valence-corrected chi connectivity index (χ4v) is 8.55. The normalized spacial score (nSPS) is 45.5. The summed E-state index contributed by atoms with van der Waals surface area (Å²) >= 11 is 3.69. The highest BCUT2D eigenvalue weighted by Gasteiger charge is 2.76. The molecule has 0 aromatic heterocycles. The summed E-state index contributed by atoms with van der Waals surface area (Å²) in [7, 11) is 0. The molecule has 0 bridgehead atoms. The van der Waals surface area contributed by atoms with E-state index < -0.39 is 11.6 Å². The van der Waals surface area contributed by atoms with Crippen LogP contribution < -0.4 is 0 Å².